The van der Waals surface area contributed by atoms with E-state index in [2.05, 4.69) is 74.8 Å². The van der Waals surface area contributed by atoms with Crippen LogP contribution in [0.1, 0.15) is 12.5 Å². The first-order chi connectivity index (χ1) is 19.2. The average molecular weight is 556 g/mol. The summed E-state index contributed by atoms with van der Waals surface area (Å²) >= 11 is 0. The monoisotopic (exact) mass is 555 g/mol. The number of nitrogens with two attached hydrogens (primary N) is 2. The molecule has 0 aliphatic rings. The predicted molar refractivity (Wildman–Crippen MR) is 159 cm³/mol. The Balaban J connectivity index is 0.000000681. The zero-order valence-electron chi connectivity index (χ0n) is 22.0. The smallest absolute Gasteiger partial charge is 0.220 e. The predicted octanol–water partition coefficient (Wildman–Crippen LogP) is 5.11. The summed E-state index contributed by atoms with van der Waals surface area (Å²) in [6.07, 6.45) is 2.19. The van der Waals surface area contributed by atoms with Crippen molar-refractivity contribution in [3.8, 4) is 11.3 Å². The molecule has 5 aromatic rings. The highest BCUT2D eigenvalue weighted by molar-refractivity contribution is 7.84. The first kappa shape index (κ1) is 28.1. The van der Waals surface area contributed by atoms with Gasteiger partial charge in [-0.15, -0.1) is 5.11 Å². The van der Waals surface area contributed by atoms with Crippen LogP contribution in [0.5, 0.6) is 0 Å². The molecule has 0 amide bonds. The van der Waals surface area contributed by atoms with Crippen molar-refractivity contribution in [3.05, 3.63) is 96.6 Å². The molecule has 1 aromatic heterocycles. The van der Waals surface area contributed by atoms with Crippen molar-refractivity contribution >= 4 is 55.1 Å². The van der Waals surface area contributed by atoms with Crippen molar-refractivity contribution in [1.82, 2.24) is 0 Å². The molecule has 0 fully saturated rings. The Morgan fingerprint density at radius 1 is 0.925 bits per heavy atom. The quantitative estimate of drug-likeness (QED) is 0.0385. The van der Waals surface area contributed by atoms with Gasteiger partial charge >= 0.3 is 0 Å². The number of fused-ring (bicyclic) bond motifs is 3. The lowest BCUT2D eigenvalue weighted by Crippen LogP contribution is -2.36. The van der Waals surface area contributed by atoms with Gasteiger partial charge in [0.25, 0.3) is 0 Å². The van der Waals surface area contributed by atoms with Crippen molar-refractivity contribution in [2.24, 2.45) is 21.3 Å². The van der Waals surface area contributed by atoms with Gasteiger partial charge in [-0.3, -0.25) is 5.43 Å². The molecule has 204 valence electrons. The van der Waals surface area contributed by atoms with E-state index >= 15 is 0 Å². The maximum absolute atomic E-state index is 9.08. The van der Waals surface area contributed by atoms with E-state index in [1.54, 1.807) is 6.21 Å². The lowest BCUT2D eigenvalue weighted by atomic mass is 9.98. The zero-order valence-corrected chi connectivity index (χ0v) is 22.8. The van der Waals surface area contributed by atoms with Crippen LogP contribution in [-0.2, 0) is 16.7 Å². The summed E-state index contributed by atoms with van der Waals surface area (Å²) in [5.74, 6) is 5.25. The van der Waals surface area contributed by atoms with Crippen molar-refractivity contribution in [2.45, 2.75) is 13.5 Å². The van der Waals surface area contributed by atoms with Gasteiger partial charge in [-0.25, -0.2) is 8.42 Å². The summed E-state index contributed by atoms with van der Waals surface area (Å²) in [5.41, 5.74) is 15.7. The number of benzene rings is 4. The van der Waals surface area contributed by atoms with Gasteiger partial charge in [-0.1, -0.05) is 41.6 Å². The van der Waals surface area contributed by atoms with E-state index in [1.165, 1.54) is 0 Å². The Morgan fingerprint density at radius 3 is 2.35 bits per heavy atom. The molecule has 0 aliphatic heterocycles. The molecule has 0 saturated heterocycles. The Kier molecular flexibility index (Phi) is 8.67. The van der Waals surface area contributed by atoms with Crippen LogP contribution in [0.3, 0.4) is 0 Å². The van der Waals surface area contributed by atoms with Gasteiger partial charge in [0, 0.05) is 29.0 Å². The van der Waals surface area contributed by atoms with Gasteiger partial charge in [0.15, 0.2) is 0 Å². The number of hydrogen-bond donors (Lipinski definition) is 3. The Labute approximate surface area is 232 Å². The molecule has 1 heterocycles. The van der Waals surface area contributed by atoms with E-state index < -0.39 is 10.1 Å². The number of nitrogens with one attached hydrogen (secondary N) is 1. The van der Waals surface area contributed by atoms with E-state index in [-0.39, 0.29) is 0 Å². The fourth-order valence-electron chi connectivity index (χ4n) is 4.44. The first-order valence-electron chi connectivity index (χ1n) is 12.3. The number of hydrogen-bond acceptors (Lipinski definition) is 8. The third-order valence-corrected chi connectivity index (χ3v) is 5.95. The number of anilines is 2. The Hall–Kier alpha value is -4.87. The summed E-state index contributed by atoms with van der Waals surface area (Å²) in [4.78, 5) is 0. The van der Waals surface area contributed by atoms with E-state index in [0.717, 1.165) is 62.1 Å². The molecule has 0 radical (unpaired) electrons. The minimum atomic E-state index is -3.92. The van der Waals surface area contributed by atoms with Gasteiger partial charge < -0.3 is 16.1 Å². The number of hydrazone groups is 1. The molecular weight excluding hydrogens is 526 g/mol. The first-order valence-corrected chi connectivity index (χ1v) is 14.1. The molecular formula is C29H29N7O3S. The SMILES string of the molecule is CC[n+]1c(-c2ccccc2)c2cc(N=NNc3cccc(C=NN)c3)ccc2c2ccc(N)cc21.CS(=O)(=O)[O-]. The van der Waals surface area contributed by atoms with Crippen molar-refractivity contribution in [2.75, 3.05) is 17.4 Å². The number of pyridine rings is 1. The standard InChI is InChI=1S/C28H25N7.CH4O3S/c1-2-35-27-16-21(29)11-13-25(27)24-14-12-23(17-26(24)28(35)20-8-4-3-5-9-20)33-34-32-22-10-6-7-19(15-22)18-31-30;1-5(2,3)4/h3-18,29H,2,30H2,1H3,(H,32,33);1H3,(H,2,3,4). The zero-order chi connectivity index (χ0) is 28.7. The van der Waals surface area contributed by atoms with Crippen molar-refractivity contribution < 1.29 is 17.5 Å². The highest BCUT2D eigenvalue weighted by Gasteiger charge is 2.22. The molecule has 0 bridgehead atoms. The highest BCUT2D eigenvalue weighted by atomic mass is 32.2. The second-order valence-corrected chi connectivity index (χ2v) is 10.3. The van der Waals surface area contributed by atoms with Crippen LogP contribution in [0.4, 0.5) is 17.1 Å². The maximum Gasteiger partial charge on any atom is 0.220 e. The maximum atomic E-state index is 9.08. The summed E-state index contributed by atoms with van der Waals surface area (Å²) in [5, 5.41) is 15.6. The minimum Gasteiger partial charge on any atom is -0.748 e. The molecule has 5 N–H and O–H groups in total. The van der Waals surface area contributed by atoms with Crippen LogP contribution < -0.4 is 21.6 Å². The summed E-state index contributed by atoms with van der Waals surface area (Å²) in [6, 6.07) is 30.3. The van der Waals surface area contributed by atoms with E-state index in [9.17, 15) is 0 Å². The lowest BCUT2D eigenvalue weighted by molar-refractivity contribution is -0.655. The fourth-order valence-corrected chi connectivity index (χ4v) is 4.44. The number of rotatable bonds is 6. The summed E-state index contributed by atoms with van der Waals surface area (Å²) in [6.45, 7) is 2.95. The van der Waals surface area contributed by atoms with Gasteiger partial charge in [0.1, 0.15) is 6.54 Å². The van der Waals surface area contributed by atoms with Crippen molar-refractivity contribution in [1.29, 1.82) is 0 Å². The van der Waals surface area contributed by atoms with Crippen LogP contribution in [-0.4, -0.2) is 25.4 Å². The molecule has 0 atom stereocenters. The third-order valence-electron chi connectivity index (χ3n) is 5.95. The third kappa shape index (κ3) is 6.95. The Bertz CT molecular complexity index is 1820. The molecule has 0 unspecified atom stereocenters. The molecule has 0 aliphatic carbocycles. The van der Waals surface area contributed by atoms with Gasteiger partial charge in [0.05, 0.1) is 38.5 Å². The minimum absolute atomic E-state index is 0.604. The summed E-state index contributed by atoms with van der Waals surface area (Å²) in [7, 11) is -3.92. The molecule has 10 nitrogen and oxygen atoms in total. The molecule has 40 heavy (non-hydrogen) atoms. The van der Waals surface area contributed by atoms with Crippen LogP contribution in [0.2, 0.25) is 0 Å². The molecule has 0 spiro atoms. The highest BCUT2D eigenvalue weighted by Crippen LogP contribution is 2.34. The number of nitrogens with zero attached hydrogens (tertiary/aromatic N) is 4. The second-order valence-electron chi connectivity index (χ2n) is 8.88. The molecule has 4 aromatic carbocycles. The number of aromatic nitrogens is 1. The molecule has 5 rings (SSSR count). The van der Waals surface area contributed by atoms with E-state index in [1.807, 2.05) is 48.5 Å². The average Bonchev–Trinajstić information content (AvgIpc) is 2.92. The summed E-state index contributed by atoms with van der Waals surface area (Å²) < 4.78 is 29.5. The van der Waals surface area contributed by atoms with Crippen LogP contribution in [0.15, 0.2) is 106 Å². The van der Waals surface area contributed by atoms with Gasteiger partial charge in [-0.05, 0) is 61.0 Å². The van der Waals surface area contributed by atoms with Crippen LogP contribution in [0.25, 0.3) is 32.9 Å². The number of nitrogen functional groups attached to an aromatic ring is 1. The molecule has 11 heteroatoms. The van der Waals surface area contributed by atoms with Gasteiger partial charge in [0.2, 0.25) is 11.2 Å². The lowest BCUT2D eigenvalue weighted by Gasteiger charge is -2.12. The van der Waals surface area contributed by atoms with E-state index in [4.69, 9.17) is 24.5 Å². The number of aryl methyl sites for hydroxylation is 1. The van der Waals surface area contributed by atoms with E-state index in [0.29, 0.717) is 6.26 Å². The van der Waals surface area contributed by atoms with Crippen LogP contribution in [0, 0.1) is 0 Å². The normalized spacial score (nSPS) is 11.7. The largest absolute Gasteiger partial charge is 0.748 e. The Morgan fingerprint density at radius 2 is 1.65 bits per heavy atom. The van der Waals surface area contributed by atoms with Gasteiger partial charge in [-0.2, -0.15) is 9.67 Å². The fraction of sp³-hybridized carbons (Fsp3) is 0.103. The topological polar surface area (TPSA) is 162 Å². The van der Waals surface area contributed by atoms with Crippen molar-refractivity contribution in [3.63, 3.8) is 0 Å². The molecule has 0 saturated carbocycles. The second kappa shape index (κ2) is 12.3. The van der Waals surface area contributed by atoms with Crippen LogP contribution >= 0.6 is 0 Å².